The van der Waals surface area contributed by atoms with Gasteiger partial charge in [0.2, 0.25) is 0 Å². The van der Waals surface area contributed by atoms with Crippen LogP contribution in [-0.4, -0.2) is 17.8 Å². The average molecular weight is 270 g/mol. The lowest BCUT2D eigenvalue weighted by molar-refractivity contribution is -0.0286. The molecule has 0 radical (unpaired) electrons. The van der Waals surface area contributed by atoms with Crippen LogP contribution in [0.15, 0.2) is 60.7 Å². The molecule has 2 heteroatoms. The summed E-state index contributed by atoms with van der Waals surface area (Å²) in [5, 5.41) is 10.2. The zero-order chi connectivity index (χ0) is 14.2. The Hall–Kier alpha value is -1.64. The average Bonchev–Trinajstić information content (AvgIpc) is 2.52. The van der Waals surface area contributed by atoms with Gasteiger partial charge in [0.25, 0.3) is 0 Å². The molecule has 0 saturated heterocycles. The van der Waals surface area contributed by atoms with Gasteiger partial charge in [-0.05, 0) is 30.9 Å². The number of rotatable bonds is 7. The zero-order valence-corrected chi connectivity index (χ0v) is 11.9. The van der Waals surface area contributed by atoms with Crippen LogP contribution in [0.25, 0.3) is 0 Å². The molecule has 0 saturated carbocycles. The van der Waals surface area contributed by atoms with Crippen LogP contribution >= 0.6 is 0 Å². The number of aliphatic hydroxyl groups is 1. The molecule has 0 amide bonds. The van der Waals surface area contributed by atoms with Crippen molar-refractivity contribution in [3.05, 3.63) is 71.8 Å². The van der Waals surface area contributed by atoms with Gasteiger partial charge in [-0.3, -0.25) is 0 Å². The van der Waals surface area contributed by atoms with E-state index in [1.54, 1.807) is 0 Å². The highest BCUT2D eigenvalue weighted by Gasteiger charge is 2.16. The molecule has 2 rings (SSSR count). The summed E-state index contributed by atoms with van der Waals surface area (Å²) in [6.07, 6.45) is 1.23. The molecule has 2 nitrogen and oxygen atoms in total. The minimum absolute atomic E-state index is 0.187. The summed E-state index contributed by atoms with van der Waals surface area (Å²) in [6.45, 7) is 2.58. The molecule has 106 valence electrons. The Morgan fingerprint density at radius 2 is 1.55 bits per heavy atom. The van der Waals surface area contributed by atoms with Gasteiger partial charge in [0.05, 0.1) is 6.10 Å². The third-order valence-corrected chi connectivity index (χ3v) is 3.42. The quantitative estimate of drug-likeness (QED) is 0.776. The van der Waals surface area contributed by atoms with E-state index in [9.17, 15) is 5.11 Å². The molecular weight excluding hydrogens is 248 g/mol. The van der Waals surface area contributed by atoms with E-state index < -0.39 is 6.10 Å². The summed E-state index contributed by atoms with van der Waals surface area (Å²) in [6, 6.07) is 20.0. The first-order valence-corrected chi connectivity index (χ1v) is 7.16. The molecule has 20 heavy (non-hydrogen) atoms. The van der Waals surface area contributed by atoms with E-state index in [2.05, 4.69) is 24.3 Å². The summed E-state index contributed by atoms with van der Waals surface area (Å²) < 4.78 is 5.73. The van der Waals surface area contributed by atoms with E-state index in [0.717, 1.165) is 18.4 Å². The highest BCUT2D eigenvalue weighted by atomic mass is 16.5. The lowest BCUT2D eigenvalue weighted by Gasteiger charge is -2.19. The number of hydrogen-bond donors (Lipinski definition) is 1. The number of hydrogen-bond acceptors (Lipinski definition) is 2. The highest BCUT2D eigenvalue weighted by molar-refractivity contribution is 5.18. The van der Waals surface area contributed by atoms with Crippen LogP contribution in [0.4, 0.5) is 0 Å². The number of aryl methyl sites for hydroxylation is 1. The van der Waals surface area contributed by atoms with Crippen LogP contribution in [0, 0.1) is 0 Å². The van der Waals surface area contributed by atoms with Gasteiger partial charge in [0.1, 0.15) is 6.10 Å². The maximum absolute atomic E-state index is 10.2. The molecular formula is C18H22O2. The fourth-order valence-electron chi connectivity index (χ4n) is 2.20. The third kappa shape index (κ3) is 4.48. The second-order valence-electron chi connectivity index (χ2n) is 5.02. The Labute approximate surface area is 121 Å². The molecule has 0 fully saturated rings. The fraction of sp³-hybridized carbons (Fsp3) is 0.333. The molecule has 1 N–H and O–H groups in total. The van der Waals surface area contributed by atoms with Gasteiger partial charge < -0.3 is 9.84 Å². The minimum atomic E-state index is -0.562. The van der Waals surface area contributed by atoms with Crippen LogP contribution in [0.2, 0.25) is 0 Å². The van der Waals surface area contributed by atoms with Crippen molar-refractivity contribution in [1.29, 1.82) is 0 Å². The van der Waals surface area contributed by atoms with Crippen LogP contribution in [0.3, 0.4) is 0 Å². The molecule has 0 aliphatic rings. The molecule has 0 heterocycles. The van der Waals surface area contributed by atoms with Gasteiger partial charge in [-0.15, -0.1) is 0 Å². The van der Waals surface area contributed by atoms with Gasteiger partial charge in [0, 0.05) is 6.61 Å². The van der Waals surface area contributed by atoms with Crippen molar-refractivity contribution in [2.24, 2.45) is 0 Å². The molecule has 2 aromatic rings. The van der Waals surface area contributed by atoms with Crippen molar-refractivity contribution in [1.82, 2.24) is 0 Å². The van der Waals surface area contributed by atoms with Crippen molar-refractivity contribution in [2.75, 3.05) is 6.61 Å². The third-order valence-electron chi connectivity index (χ3n) is 3.42. The van der Waals surface area contributed by atoms with Crippen molar-refractivity contribution >= 4 is 0 Å². The lowest BCUT2D eigenvalue weighted by Crippen LogP contribution is -2.19. The van der Waals surface area contributed by atoms with Crippen molar-refractivity contribution in [2.45, 2.75) is 32.0 Å². The fourth-order valence-corrected chi connectivity index (χ4v) is 2.20. The smallest absolute Gasteiger partial charge is 0.105 e. The van der Waals surface area contributed by atoms with Gasteiger partial charge in [0.15, 0.2) is 0 Å². The first-order chi connectivity index (χ1) is 9.77. The Kier molecular flexibility index (Phi) is 5.78. The van der Waals surface area contributed by atoms with Gasteiger partial charge >= 0.3 is 0 Å². The SMILES string of the molecule is CC(OCCCc1ccccc1)C(O)c1ccccc1. The molecule has 0 aliphatic carbocycles. The highest BCUT2D eigenvalue weighted by Crippen LogP contribution is 2.18. The van der Waals surface area contributed by atoms with Crippen molar-refractivity contribution in [3.63, 3.8) is 0 Å². The predicted octanol–water partition coefficient (Wildman–Crippen LogP) is 3.76. The second kappa shape index (κ2) is 7.83. The Morgan fingerprint density at radius 1 is 0.950 bits per heavy atom. The standard InChI is InChI=1S/C18H22O2/c1-15(18(19)17-12-6-3-7-13-17)20-14-8-11-16-9-4-2-5-10-16/h2-7,9-10,12-13,15,18-19H,8,11,14H2,1H3. The number of aliphatic hydroxyl groups excluding tert-OH is 1. The monoisotopic (exact) mass is 270 g/mol. The molecule has 0 aromatic heterocycles. The normalized spacial score (nSPS) is 13.9. The van der Waals surface area contributed by atoms with Crippen LogP contribution < -0.4 is 0 Å². The van der Waals surface area contributed by atoms with E-state index in [-0.39, 0.29) is 6.10 Å². The maximum atomic E-state index is 10.2. The summed E-state index contributed by atoms with van der Waals surface area (Å²) in [5.74, 6) is 0. The largest absolute Gasteiger partial charge is 0.386 e. The zero-order valence-electron chi connectivity index (χ0n) is 11.9. The van der Waals surface area contributed by atoms with E-state index in [4.69, 9.17) is 4.74 Å². The van der Waals surface area contributed by atoms with E-state index in [1.807, 2.05) is 43.3 Å². The summed E-state index contributed by atoms with van der Waals surface area (Å²) in [7, 11) is 0. The summed E-state index contributed by atoms with van der Waals surface area (Å²) >= 11 is 0. The summed E-state index contributed by atoms with van der Waals surface area (Å²) in [4.78, 5) is 0. The predicted molar refractivity (Wildman–Crippen MR) is 81.6 cm³/mol. The molecule has 0 bridgehead atoms. The maximum Gasteiger partial charge on any atom is 0.105 e. The topological polar surface area (TPSA) is 29.5 Å². The van der Waals surface area contributed by atoms with Crippen LogP contribution in [0.1, 0.15) is 30.6 Å². The summed E-state index contributed by atoms with van der Waals surface area (Å²) in [5.41, 5.74) is 2.23. The van der Waals surface area contributed by atoms with Crippen LogP contribution in [-0.2, 0) is 11.2 Å². The number of benzene rings is 2. The number of ether oxygens (including phenoxy) is 1. The van der Waals surface area contributed by atoms with Crippen molar-refractivity contribution < 1.29 is 9.84 Å². The van der Waals surface area contributed by atoms with Gasteiger partial charge in [-0.1, -0.05) is 60.7 Å². The molecule has 0 aliphatic heterocycles. The lowest BCUT2D eigenvalue weighted by atomic mass is 10.1. The Bertz CT molecular complexity index is 481. The first kappa shape index (κ1) is 14.8. The minimum Gasteiger partial charge on any atom is -0.386 e. The van der Waals surface area contributed by atoms with Crippen LogP contribution in [0.5, 0.6) is 0 Å². The van der Waals surface area contributed by atoms with E-state index in [0.29, 0.717) is 6.61 Å². The van der Waals surface area contributed by atoms with Gasteiger partial charge in [-0.25, -0.2) is 0 Å². The Morgan fingerprint density at radius 3 is 2.20 bits per heavy atom. The van der Waals surface area contributed by atoms with Gasteiger partial charge in [-0.2, -0.15) is 0 Å². The molecule has 2 unspecified atom stereocenters. The molecule has 2 atom stereocenters. The second-order valence-corrected chi connectivity index (χ2v) is 5.02. The van der Waals surface area contributed by atoms with E-state index in [1.165, 1.54) is 5.56 Å². The molecule has 2 aromatic carbocycles. The Balaban J connectivity index is 1.71. The van der Waals surface area contributed by atoms with Crippen molar-refractivity contribution in [3.8, 4) is 0 Å². The van der Waals surface area contributed by atoms with E-state index >= 15 is 0 Å². The molecule has 0 spiro atoms. The first-order valence-electron chi connectivity index (χ1n) is 7.16.